The zero-order chi connectivity index (χ0) is 18.7. The SMILES string of the molecule is Cc1ccc(C)c(OC(C)C(=O)Nc2nnc(-c3ccc(Cl)cc3)s2)c1. The molecule has 1 heterocycles. The second-order valence-corrected chi connectivity index (χ2v) is 7.35. The molecule has 0 saturated heterocycles. The van der Waals surface area contributed by atoms with E-state index in [1.54, 1.807) is 19.1 Å². The number of aromatic nitrogens is 2. The first-order valence-electron chi connectivity index (χ1n) is 8.06. The Morgan fingerprint density at radius 1 is 1.15 bits per heavy atom. The molecule has 1 N–H and O–H groups in total. The summed E-state index contributed by atoms with van der Waals surface area (Å²) < 4.78 is 5.79. The molecule has 0 aliphatic carbocycles. The van der Waals surface area contributed by atoms with Crippen molar-refractivity contribution in [3.8, 4) is 16.3 Å². The van der Waals surface area contributed by atoms with Crippen molar-refractivity contribution >= 4 is 34.0 Å². The van der Waals surface area contributed by atoms with Crippen LogP contribution in [0.1, 0.15) is 18.1 Å². The van der Waals surface area contributed by atoms with Gasteiger partial charge in [-0.3, -0.25) is 10.1 Å². The Morgan fingerprint density at radius 2 is 1.88 bits per heavy atom. The molecular weight excluding hydrogens is 370 g/mol. The maximum absolute atomic E-state index is 12.4. The van der Waals surface area contributed by atoms with Gasteiger partial charge in [0, 0.05) is 10.6 Å². The Hall–Kier alpha value is -2.44. The van der Waals surface area contributed by atoms with Crippen LogP contribution >= 0.6 is 22.9 Å². The number of hydrogen-bond acceptors (Lipinski definition) is 5. The lowest BCUT2D eigenvalue weighted by atomic mass is 10.1. The van der Waals surface area contributed by atoms with Crippen LogP contribution in [-0.4, -0.2) is 22.2 Å². The summed E-state index contributed by atoms with van der Waals surface area (Å²) in [5.74, 6) is 0.427. The summed E-state index contributed by atoms with van der Waals surface area (Å²) in [7, 11) is 0. The average Bonchev–Trinajstić information content (AvgIpc) is 3.07. The van der Waals surface area contributed by atoms with Crippen LogP contribution in [0.4, 0.5) is 5.13 Å². The number of nitrogens with one attached hydrogen (secondary N) is 1. The summed E-state index contributed by atoms with van der Waals surface area (Å²) in [4.78, 5) is 12.4. The molecule has 1 aromatic heterocycles. The van der Waals surface area contributed by atoms with Crippen molar-refractivity contribution in [3.05, 3.63) is 58.6 Å². The molecule has 0 spiro atoms. The van der Waals surface area contributed by atoms with Gasteiger partial charge in [-0.2, -0.15) is 0 Å². The Balaban J connectivity index is 1.66. The minimum Gasteiger partial charge on any atom is -0.481 e. The Kier molecular flexibility index (Phi) is 5.54. The molecule has 0 aliphatic rings. The molecule has 5 nitrogen and oxygen atoms in total. The summed E-state index contributed by atoms with van der Waals surface area (Å²) >= 11 is 7.19. The number of amides is 1. The Morgan fingerprint density at radius 3 is 2.62 bits per heavy atom. The van der Waals surface area contributed by atoms with Gasteiger partial charge in [0.1, 0.15) is 10.8 Å². The van der Waals surface area contributed by atoms with Gasteiger partial charge in [0.05, 0.1) is 0 Å². The van der Waals surface area contributed by atoms with E-state index in [1.807, 2.05) is 44.2 Å². The largest absolute Gasteiger partial charge is 0.481 e. The molecule has 7 heteroatoms. The number of carbonyl (C=O) groups excluding carboxylic acids is 1. The van der Waals surface area contributed by atoms with Gasteiger partial charge in [0.15, 0.2) is 6.10 Å². The van der Waals surface area contributed by atoms with Gasteiger partial charge in [0.2, 0.25) is 5.13 Å². The number of aryl methyl sites for hydroxylation is 2. The van der Waals surface area contributed by atoms with E-state index in [0.717, 1.165) is 16.7 Å². The third kappa shape index (κ3) is 4.39. The smallest absolute Gasteiger partial charge is 0.266 e. The van der Waals surface area contributed by atoms with E-state index < -0.39 is 6.10 Å². The molecule has 0 radical (unpaired) electrons. The van der Waals surface area contributed by atoms with Crippen molar-refractivity contribution < 1.29 is 9.53 Å². The van der Waals surface area contributed by atoms with Crippen LogP contribution in [0.15, 0.2) is 42.5 Å². The van der Waals surface area contributed by atoms with Crippen molar-refractivity contribution in [1.82, 2.24) is 10.2 Å². The van der Waals surface area contributed by atoms with E-state index in [1.165, 1.54) is 11.3 Å². The zero-order valence-corrected chi connectivity index (χ0v) is 16.2. The fourth-order valence-electron chi connectivity index (χ4n) is 2.27. The molecule has 3 aromatic rings. The monoisotopic (exact) mass is 387 g/mol. The molecule has 0 aliphatic heterocycles. The summed E-state index contributed by atoms with van der Waals surface area (Å²) in [5.41, 5.74) is 2.96. The van der Waals surface area contributed by atoms with E-state index in [4.69, 9.17) is 16.3 Å². The third-order valence-corrected chi connectivity index (χ3v) is 4.90. The maximum atomic E-state index is 12.4. The molecule has 0 saturated carbocycles. The van der Waals surface area contributed by atoms with Crippen LogP contribution in [0.3, 0.4) is 0 Å². The van der Waals surface area contributed by atoms with E-state index >= 15 is 0 Å². The number of benzene rings is 2. The predicted molar refractivity (Wildman–Crippen MR) is 105 cm³/mol. The Bertz CT molecular complexity index is 925. The minimum absolute atomic E-state index is 0.273. The number of rotatable bonds is 5. The van der Waals surface area contributed by atoms with Gasteiger partial charge < -0.3 is 4.74 Å². The first kappa shape index (κ1) is 18.4. The quantitative estimate of drug-likeness (QED) is 0.677. The van der Waals surface area contributed by atoms with Crippen LogP contribution in [0.2, 0.25) is 5.02 Å². The minimum atomic E-state index is -0.654. The van der Waals surface area contributed by atoms with E-state index in [2.05, 4.69) is 15.5 Å². The fourth-order valence-corrected chi connectivity index (χ4v) is 3.15. The lowest BCUT2D eigenvalue weighted by Crippen LogP contribution is -2.30. The summed E-state index contributed by atoms with van der Waals surface area (Å²) in [6.45, 7) is 5.64. The van der Waals surface area contributed by atoms with Gasteiger partial charge in [-0.15, -0.1) is 10.2 Å². The molecule has 1 atom stereocenters. The Labute approximate surface area is 161 Å². The van der Waals surface area contributed by atoms with Gasteiger partial charge in [0.25, 0.3) is 5.91 Å². The van der Waals surface area contributed by atoms with Crippen molar-refractivity contribution in [1.29, 1.82) is 0 Å². The molecular formula is C19H18ClN3O2S. The molecule has 1 amide bonds. The van der Waals surface area contributed by atoms with Crippen molar-refractivity contribution in [2.45, 2.75) is 26.9 Å². The summed E-state index contributed by atoms with van der Waals surface area (Å²) in [6, 6.07) is 13.2. The van der Waals surface area contributed by atoms with Gasteiger partial charge in [-0.25, -0.2) is 0 Å². The second kappa shape index (κ2) is 7.85. The first-order chi connectivity index (χ1) is 12.4. The number of anilines is 1. The molecule has 0 bridgehead atoms. The molecule has 134 valence electrons. The predicted octanol–water partition coefficient (Wildman–Crippen LogP) is 4.88. The van der Waals surface area contributed by atoms with E-state index in [-0.39, 0.29) is 5.91 Å². The zero-order valence-electron chi connectivity index (χ0n) is 14.6. The highest BCUT2D eigenvalue weighted by Gasteiger charge is 2.18. The average molecular weight is 388 g/mol. The fraction of sp³-hybridized carbons (Fsp3) is 0.211. The third-order valence-electron chi connectivity index (χ3n) is 3.76. The molecule has 2 aromatic carbocycles. The normalized spacial score (nSPS) is 11.8. The summed E-state index contributed by atoms with van der Waals surface area (Å²) in [6.07, 6.45) is -0.654. The van der Waals surface area contributed by atoms with Crippen LogP contribution in [-0.2, 0) is 4.79 Å². The van der Waals surface area contributed by atoms with Crippen molar-refractivity contribution in [2.75, 3.05) is 5.32 Å². The lowest BCUT2D eigenvalue weighted by molar-refractivity contribution is -0.122. The van der Waals surface area contributed by atoms with Crippen LogP contribution in [0.5, 0.6) is 5.75 Å². The molecule has 3 rings (SSSR count). The van der Waals surface area contributed by atoms with E-state index in [9.17, 15) is 4.79 Å². The standard InChI is InChI=1S/C19H18ClN3O2S/c1-11-4-5-12(2)16(10-11)25-13(3)17(24)21-19-23-22-18(26-19)14-6-8-15(20)9-7-14/h4-10,13H,1-3H3,(H,21,23,24). The van der Waals surface area contributed by atoms with Crippen LogP contribution < -0.4 is 10.1 Å². The number of hydrogen-bond donors (Lipinski definition) is 1. The number of carbonyl (C=O) groups is 1. The lowest BCUT2D eigenvalue weighted by Gasteiger charge is -2.15. The number of nitrogens with zero attached hydrogens (tertiary/aromatic N) is 2. The molecule has 1 unspecified atom stereocenters. The van der Waals surface area contributed by atoms with Crippen molar-refractivity contribution in [3.63, 3.8) is 0 Å². The second-order valence-electron chi connectivity index (χ2n) is 5.94. The number of ether oxygens (including phenoxy) is 1. The molecule has 0 fully saturated rings. The highest BCUT2D eigenvalue weighted by atomic mass is 35.5. The van der Waals surface area contributed by atoms with Gasteiger partial charge >= 0.3 is 0 Å². The topological polar surface area (TPSA) is 64.1 Å². The van der Waals surface area contributed by atoms with Crippen molar-refractivity contribution in [2.24, 2.45) is 0 Å². The van der Waals surface area contributed by atoms with Gasteiger partial charge in [-0.1, -0.05) is 47.2 Å². The highest BCUT2D eigenvalue weighted by molar-refractivity contribution is 7.18. The maximum Gasteiger partial charge on any atom is 0.266 e. The van der Waals surface area contributed by atoms with E-state index in [0.29, 0.717) is 20.9 Å². The molecule has 26 heavy (non-hydrogen) atoms. The highest BCUT2D eigenvalue weighted by Crippen LogP contribution is 2.27. The number of halogens is 1. The van der Waals surface area contributed by atoms with Crippen LogP contribution in [0.25, 0.3) is 10.6 Å². The van der Waals surface area contributed by atoms with Crippen LogP contribution in [0, 0.1) is 13.8 Å². The first-order valence-corrected chi connectivity index (χ1v) is 9.26. The van der Waals surface area contributed by atoms with Gasteiger partial charge in [-0.05, 0) is 50.1 Å². The summed E-state index contributed by atoms with van der Waals surface area (Å²) in [5, 5.41) is 12.7.